The summed E-state index contributed by atoms with van der Waals surface area (Å²) in [5.41, 5.74) is 5.16. The number of rotatable bonds is 3. The van der Waals surface area contributed by atoms with E-state index in [1.54, 1.807) is 0 Å². The highest BCUT2D eigenvalue weighted by molar-refractivity contribution is 6.01. The summed E-state index contributed by atoms with van der Waals surface area (Å²) in [4.78, 5) is 24.7. The molecule has 13 heavy (non-hydrogen) atoms. The van der Waals surface area contributed by atoms with Crippen LogP contribution in [0.5, 0.6) is 0 Å². The molecule has 1 fully saturated rings. The van der Waals surface area contributed by atoms with Gasteiger partial charge in [-0.2, -0.15) is 0 Å². The number of nitrogens with zero attached hydrogens (tertiary/aromatic N) is 2. The number of likely N-dealkylation sites (N-methyl/N-ethyl adjacent to an activating group) is 1. The summed E-state index contributed by atoms with van der Waals surface area (Å²) >= 11 is 0. The number of carbonyl (C=O) groups excluding carboxylic acids is 2. The highest BCUT2D eigenvalue weighted by Crippen LogP contribution is 2.07. The minimum atomic E-state index is -0.834. The fourth-order valence-electron chi connectivity index (χ4n) is 1.13. The van der Waals surface area contributed by atoms with Crippen molar-refractivity contribution in [2.24, 2.45) is 5.73 Å². The summed E-state index contributed by atoms with van der Waals surface area (Å²) in [5, 5.41) is 9.15. The van der Waals surface area contributed by atoms with Crippen LogP contribution in [0, 0.1) is 0 Å². The van der Waals surface area contributed by atoms with Crippen LogP contribution in [0.1, 0.15) is 0 Å². The molecular formula is C7H13N3O3. The zero-order chi connectivity index (χ0) is 10.0. The van der Waals surface area contributed by atoms with Crippen molar-refractivity contribution in [2.75, 3.05) is 26.7 Å². The molecule has 0 bridgehead atoms. The fourth-order valence-corrected chi connectivity index (χ4v) is 1.13. The summed E-state index contributed by atoms with van der Waals surface area (Å²) < 4.78 is 0. The SMILES string of the molecule is CN1CC(=O)N(C[C@@H](O)CN)C1=O. The Hall–Kier alpha value is -1.14. The molecule has 1 rings (SSSR count). The summed E-state index contributed by atoms with van der Waals surface area (Å²) in [5.74, 6) is -0.292. The summed E-state index contributed by atoms with van der Waals surface area (Å²) in [6.07, 6.45) is -0.834. The van der Waals surface area contributed by atoms with E-state index in [0.717, 1.165) is 4.90 Å². The van der Waals surface area contributed by atoms with Gasteiger partial charge in [0, 0.05) is 13.6 Å². The number of β-amino-alcohol motifs (C(OH)–C–C–N with tert-alkyl or cyclic N) is 1. The van der Waals surface area contributed by atoms with Crippen molar-refractivity contribution >= 4 is 11.9 Å². The molecule has 3 N–H and O–H groups in total. The van der Waals surface area contributed by atoms with Crippen molar-refractivity contribution in [1.82, 2.24) is 9.80 Å². The Morgan fingerprint density at radius 2 is 2.23 bits per heavy atom. The van der Waals surface area contributed by atoms with Gasteiger partial charge in [-0.3, -0.25) is 9.69 Å². The quantitative estimate of drug-likeness (QED) is 0.510. The largest absolute Gasteiger partial charge is 0.390 e. The Labute approximate surface area is 75.9 Å². The van der Waals surface area contributed by atoms with E-state index < -0.39 is 6.10 Å². The van der Waals surface area contributed by atoms with Crippen LogP contribution in [0.4, 0.5) is 4.79 Å². The van der Waals surface area contributed by atoms with Gasteiger partial charge in [0.05, 0.1) is 12.6 Å². The topological polar surface area (TPSA) is 86.9 Å². The molecule has 3 amide bonds. The number of aliphatic hydroxyl groups is 1. The van der Waals surface area contributed by atoms with Gasteiger partial charge >= 0.3 is 6.03 Å². The zero-order valence-corrected chi connectivity index (χ0v) is 7.43. The lowest BCUT2D eigenvalue weighted by Gasteiger charge is -2.16. The van der Waals surface area contributed by atoms with Gasteiger partial charge in [0.25, 0.3) is 0 Å². The molecule has 6 heteroatoms. The summed E-state index contributed by atoms with van der Waals surface area (Å²) in [6, 6.07) is -0.377. The van der Waals surface area contributed by atoms with Crippen molar-refractivity contribution in [2.45, 2.75) is 6.10 Å². The van der Waals surface area contributed by atoms with Gasteiger partial charge in [0.1, 0.15) is 6.54 Å². The summed E-state index contributed by atoms with van der Waals surface area (Å²) in [6.45, 7) is 0.107. The lowest BCUT2D eigenvalue weighted by atomic mass is 10.3. The van der Waals surface area contributed by atoms with Gasteiger partial charge < -0.3 is 15.7 Å². The molecule has 1 aliphatic rings. The molecular weight excluding hydrogens is 174 g/mol. The van der Waals surface area contributed by atoms with Crippen LogP contribution in [-0.4, -0.2) is 59.6 Å². The number of amides is 3. The second-order valence-electron chi connectivity index (χ2n) is 3.03. The highest BCUT2D eigenvalue weighted by atomic mass is 16.3. The molecule has 0 aromatic rings. The molecule has 0 saturated carbocycles. The molecule has 1 atom stereocenters. The lowest BCUT2D eigenvalue weighted by molar-refractivity contribution is -0.126. The number of aliphatic hydroxyl groups excluding tert-OH is 1. The average molecular weight is 187 g/mol. The maximum absolute atomic E-state index is 11.2. The van der Waals surface area contributed by atoms with Crippen LogP contribution in [0.15, 0.2) is 0 Å². The molecule has 0 spiro atoms. The molecule has 0 unspecified atom stereocenters. The standard InChI is InChI=1S/C7H13N3O3/c1-9-4-6(12)10(7(9)13)3-5(11)2-8/h5,11H,2-4,8H2,1H3/t5-/m0/s1. The molecule has 0 radical (unpaired) electrons. The van der Waals surface area contributed by atoms with E-state index in [-0.39, 0.29) is 31.6 Å². The minimum absolute atomic E-state index is 0.0154. The van der Waals surface area contributed by atoms with E-state index >= 15 is 0 Å². The van der Waals surface area contributed by atoms with Crippen LogP contribution in [0.3, 0.4) is 0 Å². The Morgan fingerprint density at radius 3 is 2.62 bits per heavy atom. The van der Waals surface area contributed by atoms with Crippen molar-refractivity contribution in [3.05, 3.63) is 0 Å². The molecule has 1 heterocycles. The molecule has 1 aliphatic heterocycles. The van der Waals surface area contributed by atoms with Crippen molar-refractivity contribution in [3.8, 4) is 0 Å². The van der Waals surface area contributed by atoms with Crippen LogP contribution >= 0.6 is 0 Å². The molecule has 0 aromatic carbocycles. The molecule has 0 aromatic heterocycles. The third kappa shape index (κ3) is 1.96. The average Bonchev–Trinajstić information content (AvgIpc) is 2.32. The first-order valence-electron chi connectivity index (χ1n) is 4.00. The Bertz CT molecular complexity index is 231. The van der Waals surface area contributed by atoms with E-state index in [0.29, 0.717) is 0 Å². The van der Waals surface area contributed by atoms with Crippen LogP contribution in [0.2, 0.25) is 0 Å². The number of hydrogen-bond acceptors (Lipinski definition) is 4. The third-order valence-corrected chi connectivity index (χ3v) is 1.90. The molecule has 1 saturated heterocycles. The smallest absolute Gasteiger partial charge is 0.327 e. The number of hydrogen-bond donors (Lipinski definition) is 2. The van der Waals surface area contributed by atoms with E-state index in [4.69, 9.17) is 10.8 Å². The minimum Gasteiger partial charge on any atom is -0.390 e. The van der Waals surface area contributed by atoms with Crippen molar-refractivity contribution in [1.29, 1.82) is 0 Å². The van der Waals surface area contributed by atoms with Gasteiger partial charge in [0.15, 0.2) is 0 Å². The lowest BCUT2D eigenvalue weighted by Crippen LogP contribution is -2.40. The van der Waals surface area contributed by atoms with Gasteiger partial charge in [-0.25, -0.2) is 4.79 Å². The fraction of sp³-hybridized carbons (Fsp3) is 0.714. The predicted octanol–water partition coefficient (Wildman–Crippen LogP) is -1.80. The third-order valence-electron chi connectivity index (χ3n) is 1.90. The first-order valence-corrected chi connectivity index (χ1v) is 4.00. The summed E-state index contributed by atoms with van der Waals surface area (Å²) in [7, 11) is 1.54. The second-order valence-corrected chi connectivity index (χ2v) is 3.03. The van der Waals surface area contributed by atoms with Crippen LogP contribution in [-0.2, 0) is 4.79 Å². The highest BCUT2D eigenvalue weighted by Gasteiger charge is 2.34. The maximum atomic E-state index is 11.2. The molecule has 0 aliphatic carbocycles. The zero-order valence-electron chi connectivity index (χ0n) is 7.43. The van der Waals surface area contributed by atoms with Crippen LogP contribution < -0.4 is 5.73 Å². The van der Waals surface area contributed by atoms with Gasteiger partial charge in [-0.15, -0.1) is 0 Å². The molecule has 74 valence electrons. The second kappa shape index (κ2) is 3.71. The normalized spacial score (nSPS) is 19.9. The number of carbonyl (C=O) groups is 2. The van der Waals surface area contributed by atoms with Crippen molar-refractivity contribution < 1.29 is 14.7 Å². The van der Waals surface area contributed by atoms with E-state index in [9.17, 15) is 9.59 Å². The van der Waals surface area contributed by atoms with Crippen LogP contribution in [0.25, 0.3) is 0 Å². The molecule has 6 nitrogen and oxygen atoms in total. The number of nitrogens with two attached hydrogens (primary N) is 1. The number of imide groups is 1. The van der Waals surface area contributed by atoms with Crippen molar-refractivity contribution in [3.63, 3.8) is 0 Å². The monoisotopic (exact) mass is 187 g/mol. The number of urea groups is 1. The van der Waals surface area contributed by atoms with Gasteiger partial charge in [-0.05, 0) is 0 Å². The Kier molecular flexibility index (Phi) is 2.84. The Morgan fingerprint density at radius 1 is 1.62 bits per heavy atom. The predicted molar refractivity (Wildman–Crippen MR) is 44.8 cm³/mol. The first kappa shape index (κ1) is 9.94. The van der Waals surface area contributed by atoms with E-state index in [2.05, 4.69) is 0 Å². The Balaban J connectivity index is 2.59. The first-order chi connectivity index (χ1) is 6.06. The van der Waals surface area contributed by atoms with Gasteiger partial charge in [0.2, 0.25) is 5.91 Å². The van der Waals surface area contributed by atoms with E-state index in [1.165, 1.54) is 11.9 Å². The van der Waals surface area contributed by atoms with E-state index in [1.807, 2.05) is 0 Å². The van der Waals surface area contributed by atoms with Gasteiger partial charge in [-0.1, -0.05) is 0 Å². The maximum Gasteiger partial charge on any atom is 0.327 e.